The average Bonchev–Trinajstić information content (AvgIpc) is 3.39. The first kappa shape index (κ1) is 21.2. The van der Waals surface area contributed by atoms with Crippen LogP contribution in [0.5, 0.6) is 0 Å². The van der Waals surface area contributed by atoms with Gasteiger partial charge < -0.3 is 0 Å². The van der Waals surface area contributed by atoms with Crippen LogP contribution in [0.4, 0.5) is 18.9 Å². The van der Waals surface area contributed by atoms with Crippen LogP contribution in [-0.2, 0) is 15.8 Å². The van der Waals surface area contributed by atoms with E-state index in [4.69, 9.17) is 11.6 Å². The standard InChI is InChI=1S/C23H18ClF3N2O3/c24-14-8-6-12(7-9-14)20(30)19-18-17(16-5-2-10-28(16)19)21(31)29(22(18)32)15-4-1-3-13(11-15)23(25,26)27/h1,3-4,6-9,11,16-19H,2,5,10H2/t16-,17-,18+,19+/m1/s1. The Morgan fingerprint density at radius 1 is 1.00 bits per heavy atom. The van der Waals surface area contributed by atoms with Crippen molar-refractivity contribution in [3.8, 4) is 0 Å². The number of fused-ring (bicyclic) bond motifs is 3. The quantitative estimate of drug-likeness (QED) is 0.507. The third kappa shape index (κ3) is 3.16. The molecular weight excluding hydrogens is 445 g/mol. The van der Waals surface area contributed by atoms with Gasteiger partial charge >= 0.3 is 6.18 Å². The highest BCUT2D eigenvalue weighted by Crippen LogP contribution is 2.48. The van der Waals surface area contributed by atoms with E-state index in [0.717, 1.165) is 23.5 Å². The summed E-state index contributed by atoms with van der Waals surface area (Å²) >= 11 is 5.92. The minimum atomic E-state index is -4.60. The number of nitrogens with zero attached hydrogens (tertiary/aromatic N) is 2. The summed E-state index contributed by atoms with van der Waals surface area (Å²) in [6.07, 6.45) is -3.17. The van der Waals surface area contributed by atoms with Crippen molar-refractivity contribution in [1.82, 2.24) is 4.90 Å². The smallest absolute Gasteiger partial charge is 0.292 e. The van der Waals surface area contributed by atoms with Crippen LogP contribution in [0.25, 0.3) is 0 Å². The molecule has 3 heterocycles. The summed E-state index contributed by atoms with van der Waals surface area (Å²) in [5, 5.41) is 0.465. The summed E-state index contributed by atoms with van der Waals surface area (Å²) < 4.78 is 39.6. The number of Topliss-reactive ketones (excluding diaryl/α,β-unsaturated/α-hetero) is 1. The third-order valence-electron chi connectivity index (χ3n) is 6.68. The largest absolute Gasteiger partial charge is 0.416 e. The first-order chi connectivity index (χ1) is 15.2. The predicted molar refractivity (Wildman–Crippen MR) is 110 cm³/mol. The van der Waals surface area contributed by atoms with Crippen molar-refractivity contribution in [2.24, 2.45) is 11.8 Å². The fourth-order valence-corrected chi connectivity index (χ4v) is 5.50. The Balaban J connectivity index is 1.54. The predicted octanol–water partition coefficient (Wildman–Crippen LogP) is 4.19. The minimum Gasteiger partial charge on any atom is -0.292 e. The molecule has 2 aromatic rings. The van der Waals surface area contributed by atoms with E-state index in [1.807, 2.05) is 4.90 Å². The molecule has 0 spiro atoms. The Morgan fingerprint density at radius 3 is 2.38 bits per heavy atom. The van der Waals surface area contributed by atoms with E-state index in [1.54, 1.807) is 24.3 Å². The second-order valence-electron chi connectivity index (χ2n) is 8.37. The molecule has 0 N–H and O–H groups in total. The molecule has 3 fully saturated rings. The van der Waals surface area contributed by atoms with E-state index in [0.29, 0.717) is 23.6 Å². The van der Waals surface area contributed by atoms with E-state index in [1.165, 1.54) is 12.1 Å². The van der Waals surface area contributed by atoms with Crippen molar-refractivity contribution in [3.05, 3.63) is 64.7 Å². The summed E-state index contributed by atoms with van der Waals surface area (Å²) in [4.78, 5) is 42.9. The van der Waals surface area contributed by atoms with Gasteiger partial charge in [0.05, 0.1) is 29.1 Å². The molecular formula is C23H18ClF3N2O3. The average molecular weight is 463 g/mol. The van der Waals surface area contributed by atoms with Crippen molar-refractivity contribution in [2.45, 2.75) is 31.1 Å². The highest BCUT2D eigenvalue weighted by atomic mass is 35.5. The highest BCUT2D eigenvalue weighted by Gasteiger charge is 2.64. The second kappa shape index (κ2) is 7.42. The van der Waals surface area contributed by atoms with Gasteiger partial charge in [0.25, 0.3) is 0 Å². The molecule has 0 bridgehead atoms. The molecule has 5 rings (SSSR count). The van der Waals surface area contributed by atoms with Crippen LogP contribution in [0.2, 0.25) is 5.02 Å². The molecule has 5 nitrogen and oxygen atoms in total. The van der Waals surface area contributed by atoms with Gasteiger partial charge in [-0.25, -0.2) is 4.90 Å². The second-order valence-corrected chi connectivity index (χ2v) is 8.81. The number of rotatable bonds is 3. The third-order valence-corrected chi connectivity index (χ3v) is 6.93. The van der Waals surface area contributed by atoms with Crippen LogP contribution >= 0.6 is 11.6 Å². The molecule has 0 radical (unpaired) electrons. The van der Waals surface area contributed by atoms with E-state index in [-0.39, 0.29) is 17.5 Å². The molecule has 2 aromatic carbocycles. The summed E-state index contributed by atoms with van der Waals surface area (Å²) in [7, 11) is 0. The molecule has 0 unspecified atom stereocenters. The van der Waals surface area contributed by atoms with Gasteiger partial charge in [-0.05, 0) is 61.9 Å². The zero-order valence-electron chi connectivity index (χ0n) is 16.7. The van der Waals surface area contributed by atoms with Crippen LogP contribution in [-0.4, -0.2) is 41.1 Å². The maximum atomic E-state index is 13.4. The lowest BCUT2D eigenvalue weighted by atomic mass is 9.85. The van der Waals surface area contributed by atoms with Gasteiger partial charge in [-0.2, -0.15) is 13.2 Å². The number of hydrogen-bond acceptors (Lipinski definition) is 4. The first-order valence-electron chi connectivity index (χ1n) is 10.3. The van der Waals surface area contributed by atoms with Crippen molar-refractivity contribution in [1.29, 1.82) is 0 Å². The Morgan fingerprint density at radius 2 is 1.69 bits per heavy atom. The Bertz CT molecular complexity index is 1120. The van der Waals surface area contributed by atoms with Gasteiger partial charge in [0, 0.05) is 16.6 Å². The fourth-order valence-electron chi connectivity index (χ4n) is 5.38. The molecule has 4 atom stereocenters. The van der Waals surface area contributed by atoms with Gasteiger partial charge in [-0.3, -0.25) is 19.3 Å². The number of halogens is 4. The lowest BCUT2D eigenvalue weighted by Crippen LogP contribution is -2.46. The summed E-state index contributed by atoms with van der Waals surface area (Å²) in [5.41, 5.74) is -0.682. The lowest BCUT2D eigenvalue weighted by molar-refractivity contribution is -0.137. The number of amides is 2. The summed E-state index contributed by atoms with van der Waals surface area (Å²) in [5.74, 6) is -3.12. The van der Waals surface area contributed by atoms with Crippen molar-refractivity contribution in [2.75, 3.05) is 11.4 Å². The zero-order valence-corrected chi connectivity index (χ0v) is 17.4. The molecule has 0 aliphatic carbocycles. The van der Waals surface area contributed by atoms with Gasteiger partial charge in [0.1, 0.15) is 0 Å². The number of anilines is 1. The lowest BCUT2D eigenvalue weighted by Gasteiger charge is -2.27. The van der Waals surface area contributed by atoms with Crippen LogP contribution in [0.3, 0.4) is 0 Å². The summed E-state index contributed by atoms with van der Waals surface area (Å²) in [6.45, 7) is 0.589. The highest BCUT2D eigenvalue weighted by molar-refractivity contribution is 6.30. The molecule has 166 valence electrons. The van der Waals surface area contributed by atoms with E-state index in [9.17, 15) is 27.6 Å². The number of ketones is 1. The van der Waals surface area contributed by atoms with E-state index >= 15 is 0 Å². The van der Waals surface area contributed by atoms with Crippen LogP contribution in [0.1, 0.15) is 28.8 Å². The van der Waals surface area contributed by atoms with Crippen LogP contribution < -0.4 is 4.90 Å². The van der Waals surface area contributed by atoms with Gasteiger partial charge in [0.15, 0.2) is 5.78 Å². The number of carbonyl (C=O) groups is 3. The monoisotopic (exact) mass is 462 g/mol. The molecule has 3 saturated heterocycles. The Hall–Kier alpha value is -2.71. The van der Waals surface area contributed by atoms with Crippen molar-refractivity contribution in [3.63, 3.8) is 0 Å². The molecule has 32 heavy (non-hydrogen) atoms. The SMILES string of the molecule is O=C(c1ccc(Cl)cc1)[C@@H]1[C@H]2C(=O)N(c3cccc(C(F)(F)F)c3)C(=O)[C@@H]2[C@H]2CCCN21. The molecule has 0 aromatic heterocycles. The number of alkyl halides is 3. The number of hydrogen-bond donors (Lipinski definition) is 0. The molecule has 0 saturated carbocycles. The van der Waals surface area contributed by atoms with Crippen molar-refractivity contribution >= 4 is 34.9 Å². The number of benzene rings is 2. The summed E-state index contributed by atoms with van der Waals surface area (Å²) in [6, 6.07) is 9.39. The van der Waals surface area contributed by atoms with Gasteiger partial charge in [-0.15, -0.1) is 0 Å². The fraction of sp³-hybridized carbons (Fsp3) is 0.348. The topological polar surface area (TPSA) is 57.7 Å². The molecule has 3 aliphatic heterocycles. The normalized spacial score (nSPS) is 27.7. The molecule has 9 heteroatoms. The Kier molecular flexibility index (Phi) is 4.90. The minimum absolute atomic E-state index is 0.119. The van der Waals surface area contributed by atoms with Crippen LogP contribution in [0.15, 0.2) is 48.5 Å². The van der Waals surface area contributed by atoms with Crippen molar-refractivity contribution < 1.29 is 27.6 Å². The number of carbonyl (C=O) groups excluding carboxylic acids is 3. The Labute approximate surface area is 186 Å². The van der Waals surface area contributed by atoms with E-state index in [2.05, 4.69) is 0 Å². The molecule has 3 aliphatic rings. The number of imide groups is 1. The zero-order chi connectivity index (χ0) is 22.8. The van der Waals surface area contributed by atoms with Crippen LogP contribution in [0, 0.1) is 11.8 Å². The van der Waals surface area contributed by atoms with Gasteiger partial charge in [-0.1, -0.05) is 17.7 Å². The van der Waals surface area contributed by atoms with E-state index < -0.39 is 41.4 Å². The van der Waals surface area contributed by atoms with Gasteiger partial charge in [0.2, 0.25) is 11.8 Å². The molecule has 2 amide bonds. The first-order valence-corrected chi connectivity index (χ1v) is 10.7. The maximum Gasteiger partial charge on any atom is 0.416 e. The maximum absolute atomic E-state index is 13.4.